The molecule has 5 aliphatic rings. The minimum absolute atomic E-state index is 0.0626. The van der Waals surface area contributed by atoms with E-state index in [1.807, 2.05) is 22.8 Å². The quantitative estimate of drug-likeness (QED) is 0.580. The second kappa shape index (κ2) is 8.77. The lowest BCUT2D eigenvalue weighted by atomic mass is 10.1. The fourth-order valence-electron chi connectivity index (χ4n) is 5.56. The van der Waals surface area contributed by atoms with Crippen molar-refractivity contribution in [2.24, 2.45) is 0 Å². The summed E-state index contributed by atoms with van der Waals surface area (Å²) in [5, 5.41) is 3.58. The zero-order chi connectivity index (χ0) is 23.1. The molecular weight excluding hydrogens is 432 g/mol. The van der Waals surface area contributed by atoms with Crippen LogP contribution < -0.4 is 11.0 Å². The van der Waals surface area contributed by atoms with Crippen LogP contribution in [0.1, 0.15) is 49.4 Å². The van der Waals surface area contributed by atoms with Gasteiger partial charge in [-0.25, -0.2) is 19.6 Å². The molecule has 1 amide bonds. The highest BCUT2D eigenvalue weighted by Gasteiger charge is 2.33. The molecule has 1 saturated carbocycles. The third-order valence-corrected chi connectivity index (χ3v) is 7.31. The smallest absolute Gasteiger partial charge is 0.409 e. The number of anilines is 1. The van der Waals surface area contributed by atoms with Gasteiger partial charge in [0.1, 0.15) is 23.9 Å². The van der Waals surface area contributed by atoms with E-state index in [1.54, 1.807) is 9.47 Å². The van der Waals surface area contributed by atoms with Gasteiger partial charge in [-0.15, -0.1) is 0 Å². The fourth-order valence-corrected chi connectivity index (χ4v) is 5.56. The molecule has 178 valence electrons. The van der Waals surface area contributed by atoms with Crippen molar-refractivity contribution in [3.05, 3.63) is 52.2 Å². The van der Waals surface area contributed by atoms with Crippen molar-refractivity contribution in [1.82, 2.24) is 24.0 Å². The zero-order valence-corrected chi connectivity index (χ0v) is 19.3. The number of fused-ring (bicyclic) bond motifs is 3. The average Bonchev–Trinajstić information content (AvgIpc) is 3.63. The van der Waals surface area contributed by atoms with Crippen molar-refractivity contribution < 1.29 is 9.53 Å². The van der Waals surface area contributed by atoms with E-state index in [1.165, 1.54) is 18.4 Å². The molecule has 4 heterocycles. The van der Waals surface area contributed by atoms with E-state index >= 15 is 0 Å². The summed E-state index contributed by atoms with van der Waals surface area (Å²) in [6, 6.07) is 10.5. The minimum atomic E-state index is -0.273. The van der Waals surface area contributed by atoms with Gasteiger partial charge < -0.3 is 15.0 Å². The lowest BCUT2D eigenvalue weighted by molar-refractivity contribution is 0.158. The lowest BCUT2D eigenvalue weighted by Gasteiger charge is -2.16. The van der Waals surface area contributed by atoms with E-state index in [-0.39, 0.29) is 17.8 Å². The molecule has 4 aliphatic heterocycles. The van der Waals surface area contributed by atoms with E-state index in [4.69, 9.17) is 14.7 Å². The maximum Gasteiger partial charge on any atom is 0.409 e. The highest BCUT2D eigenvalue weighted by atomic mass is 16.6. The Labute approximate surface area is 198 Å². The summed E-state index contributed by atoms with van der Waals surface area (Å²) in [6.45, 7) is 2.70. The van der Waals surface area contributed by atoms with Gasteiger partial charge >= 0.3 is 11.8 Å². The molecule has 1 aliphatic carbocycles. The Morgan fingerprint density at radius 2 is 1.88 bits per heavy atom. The first-order chi connectivity index (χ1) is 16.7. The molecule has 1 N–H and O–H groups in total. The summed E-state index contributed by atoms with van der Waals surface area (Å²) in [5.74, 6) is 2.69. The van der Waals surface area contributed by atoms with Crippen LogP contribution in [0.3, 0.4) is 0 Å². The van der Waals surface area contributed by atoms with Gasteiger partial charge in [0.2, 0.25) is 0 Å². The SMILES string of the molecule is O=C1OCCN1CCCn1c2nc(C3CCCC3)nc-2c2n(c1=O)C[C@@H](Cc1ccccc1)N2. The van der Waals surface area contributed by atoms with Gasteiger partial charge in [0.15, 0.2) is 5.82 Å². The Morgan fingerprint density at radius 3 is 2.65 bits per heavy atom. The largest absolute Gasteiger partial charge is 0.448 e. The predicted octanol–water partition coefficient (Wildman–Crippen LogP) is 3.08. The molecule has 2 fully saturated rings. The zero-order valence-electron chi connectivity index (χ0n) is 19.3. The van der Waals surface area contributed by atoms with Crippen LogP contribution in [0, 0.1) is 0 Å². The minimum Gasteiger partial charge on any atom is -0.448 e. The standard InChI is InChI=1S/C25H30N6O3/c32-24-30(12-6-11-29-13-14-34-25(29)33)23-20(27-21(28-23)18-9-4-5-10-18)22-26-19(16-31(22)24)15-17-7-2-1-3-8-17/h1-3,7-8,18-19,26H,4-6,9-16H2/t19-/m1/s1. The fraction of sp³-hybridized carbons (Fsp3) is 0.520. The third-order valence-electron chi connectivity index (χ3n) is 7.31. The normalized spacial score (nSPS) is 20.2. The number of nitrogens with one attached hydrogen (secondary N) is 1. The van der Waals surface area contributed by atoms with E-state index in [0.717, 1.165) is 36.6 Å². The topological polar surface area (TPSA) is 94.3 Å². The molecule has 9 heteroatoms. The Balaban J connectivity index is 1.31. The summed E-state index contributed by atoms with van der Waals surface area (Å²) in [6.07, 6.45) is 5.86. The number of imidazole rings is 1. The van der Waals surface area contributed by atoms with Crippen molar-refractivity contribution >= 4 is 11.9 Å². The highest BCUT2D eigenvalue weighted by Crippen LogP contribution is 2.37. The van der Waals surface area contributed by atoms with Crippen molar-refractivity contribution in [2.75, 3.05) is 25.0 Å². The summed E-state index contributed by atoms with van der Waals surface area (Å²) in [5.41, 5.74) is 1.97. The summed E-state index contributed by atoms with van der Waals surface area (Å²) in [4.78, 5) is 37.0. The third kappa shape index (κ3) is 3.82. The highest BCUT2D eigenvalue weighted by molar-refractivity contribution is 5.70. The van der Waals surface area contributed by atoms with Gasteiger partial charge in [0.25, 0.3) is 0 Å². The summed E-state index contributed by atoms with van der Waals surface area (Å²) in [7, 11) is 0. The second-order valence-corrected chi connectivity index (χ2v) is 9.61. The molecule has 0 aromatic heterocycles. The molecule has 9 nitrogen and oxygen atoms in total. The number of aromatic nitrogens is 4. The molecular formula is C25H30N6O3. The number of nitrogens with zero attached hydrogens (tertiary/aromatic N) is 5. The van der Waals surface area contributed by atoms with Crippen LogP contribution in [-0.2, 0) is 24.2 Å². The molecule has 6 rings (SSSR count). The number of hydrogen-bond acceptors (Lipinski definition) is 6. The summed E-state index contributed by atoms with van der Waals surface area (Å²) < 4.78 is 8.62. The number of carbonyl (C=O) groups is 1. The number of rotatable bonds is 7. The van der Waals surface area contributed by atoms with E-state index in [2.05, 4.69) is 17.4 Å². The van der Waals surface area contributed by atoms with Crippen LogP contribution in [0.4, 0.5) is 10.6 Å². The number of benzene rings is 1. The van der Waals surface area contributed by atoms with Crippen LogP contribution in [0.15, 0.2) is 35.1 Å². The predicted molar refractivity (Wildman–Crippen MR) is 127 cm³/mol. The van der Waals surface area contributed by atoms with E-state index in [0.29, 0.717) is 50.9 Å². The maximum absolute atomic E-state index is 13.6. The van der Waals surface area contributed by atoms with Crippen LogP contribution >= 0.6 is 0 Å². The van der Waals surface area contributed by atoms with Gasteiger partial charge in [-0.05, 0) is 31.2 Å². The molecule has 0 unspecified atom stereocenters. The average molecular weight is 463 g/mol. The number of amides is 1. The molecule has 34 heavy (non-hydrogen) atoms. The molecule has 0 radical (unpaired) electrons. The second-order valence-electron chi connectivity index (χ2n) is 9.61. The maximum atomic E-state index is 13.6. The van der Waals surface area contributed by atoms with Crippen LogP contribution in [0.25, 0.3) is 11.5 Å². The van der Waals surface area contributed by atoms with Crippen molar-refractivity contribution in [1.29, 1.82) is 0 Å². The summed E-state index contributed by atoms with van der Waals surface area (Å²) >= 11 is 0. The number of cyclic esters (lactones) is 1. The molecule has 1 atom stereocenters. The van der Waals surface area contributed by atoms with E-state index in [9.17, 15) is 9.59 Å². The van der Waals surface area contributed by atoms with Crippen LogP contribution in [0.2, 0.25) is 0 Å². The molecule has 0 spiro atoms. The number of carbonyl (C=O) groups excluding carboxylic acids is 1. The van der Waals surface area contributed by atoms with Crippen molar-refractivity contribution in [3.63, 3.8) is 0 Å². The molecule has 1 saturated heterocycles. The van der Waals surface area contributed by atoms with Crippen molar-refractivity contribution in [2.45, 2.75) is 63.6 Å². The Kier molecular flexibility index (Phi) is 5.47. The van der Waals surface area contributed by atoms with Gasteiger partial charge in [-0.2, -0.15) is 0 Å². The monoisotopic (exact) mass is 462 g/mol. The van der Waals surface area contributed by atoms with Crippen molar-refractivity contribution in [3.8, 4) is 11.5 Å². The van der Waals surface area contributed by atoms with Gasteiger partial charge in [-0.1, -0.05) is 43.2 Å². The van der Waals surface area contributed by atoms with Crippen LogP contribution in [0.5, 0.6) is 0 Å². The molecule has 1 aromatic rings. The lowest BCUT2D eigenvalue weighted by Crippen LogP contribution is -2.34. The first kappa shape index (κ1) is 21.2. The molecule has 1 aromatic carbocycles. The first-order valence-electron chi connectivity index (χ1n) is 12.4. The molecule has 0 bridgehead atoms. The Bertz CT molecular complexity index is 1210. The number of hydrogen-bond donors (Lipinski definition) is 1. The van der Waals surface area contributed by atoms with Gasteiger partial charge in [0.05, 0.1) is 6.54 Å². The van der Waals surface area contributed by atoms with Gasteiger partial charge in [0, 0.05) is 31.6 Å². The van der Waals surface area contributed by atoms with Gasteiger partial charge in [-0.3, -0.25) is 9.13 Å². The van der Waals surface area contributed by atoms with Crippen LogP contribution in [-0.4, -0.2) is 55.8 Å². The Morgan fingerprint density at radius 1 is 1.06 bits per heavy atom. The number of ether oxygens (including phenoxy) is 1. The Hall–Kier alpha value is -3.36. The van der Waals surface area contributed by atoms with E-state index < -0.39 is 0 Å². The first-order valence-corrected chi connectivity index (χ1v) is 12.4.